The van der Waals surface area contributed by atoms with Crippen LogP contribution in [0.2, 0.25) is 0 Å². The Kier molecular flexibility index (Phi) is 27.1. The monoisotopic (exact) mass is 520 g/mol. The van der Waals surface area contributed by atoms with Gasteiger partial charge in [-0.1, -0.05) is 6.42 Å². The molecule has 0 bridgehead atoms. The number of ether oxygens (including phenoxy) is 5. The molecule has 0 fully saturated rings. The fourth-order valence-electron chi connectivity index (χ4n) is 2.35. The summed E-state index contributed by atoms with van der Waals surface area (Å²) < 4.78 is 24.3. The highest BCUT2D eigenvalue weighted by molar-refractivity contribution is 5.91. The third-order valence-electron chi connectivity index (χ3n) is 4.20. The van der Waals surface area contributed by atoms with Crippen molar-refractivity contribution in [3.8, 4) is 0 Å². The lowest BCUT2D eigenvalue weighted by Gasteiger charge is -2.05. The van der Waals surface area contributed by atoms with E-state index in [2.05, 4.69) is 4.74 Å². The second kappa shape index (κ2) is 27.3. The largest absolute Gasteiger partial charge is 0.463 e. The van der Waals surface area contributed by atoms with Crippen molar-refractivity contribution in [2.24, 2.45) is 0 Å². The van der Waals surface area contributed by atoms with Crippen molar-refractivity contribution in [1.82, 2.24) is 0 Å². The molecule has 0 radical (unpaired) electrons. The topological polar surface area (TPSA) is 155 Å². The fraction of sp³-hybridized carbons (Fsp3) is 0.760. The van der Waals surface area contributed by atoms with E-state index < -0.39 is 18.0 Å². The molecule has 2 N–H and O–H groups in total. The van der Waals surface area contributed by atoms with E-state index in [0.717, 1.165) is 44.3 Å². The fourth-order valence-corrected chi connectivity index (χ4v) is 2.35. The van der Waals surface area contributed by atoms with Gasteiger partial charge in [-0.3, -0.25) is 4.79 Å². The first-order chi connectivity index (χ1) is 17.2. The summed E-state index contributed by atoms with van der Waals surface area (Å²) in [4.78, 5) is 44.1. The summed E-state index contributed by atoms with van der Waals surface area (Å²) in [5.41, 5.74) is 0. The molecule has 0 aromatic heterocycles. The molecule has 11 heteroatoms. The standard InChI is InChI=1S/C14H22O6.C11H22O5/c1-11(15)6-4-3-5-9-19-13(17)7-8-14(18)20-10-12(2)16;1-14-7-8-15-9-10-16-11(13)5-3-2-4-6-12/h7-8,12,16H,3-6,9-10H2,1-2H3;12H,2-10H2,1H3/b8-7+;. The third-order valence-corrected chi connectivity index (χ3v) is 4.20. The smallest absolute Gasteiger partial charge is 0.331 e. The Labute approximate surface area is 214 Å². The maximum Gasteiger partial charge on any atom is 0.331 e. The van der Waals surface area contributed by atoms with Crippen molar-refractivity contribution < 1.29 is 53.1 Å². The Morgan fingerprint density at radius 2 is 1.36 bits per heavy atom. The van der Waals surface area contributed by atoms with Crippen LogP contribution in [0.3, 0.4) is 0 Å². The van der Waals surface area contributed by atoms with Gasteiger partial charge in [-0.15, -0.1) is 0 Å². The third kappa shape index (κ3) is 31.7. The molecule has 0 aliphatic carbocycles. The maximum atomic E-state index is 11.2. The summed E-state index contributed by atoms with van der Waals surface area (Å²) in [5, 5.41) is 17.4. The quantitative estimate of drug-likeness (QED) is 0.0986. The number of rotatable bonds is 21. The highest BCUT2D eigenvalue weighted by Crippen LogP contribution is 2.01. The number of carbonyl (C=O) groups excluding carboxylic acids is 4. The number of aliphatic hydroxyl groups excluding tert-OH is 2. The molecule has 0 rings (SSSR count). The number of esters is 3. The zero-order valence-electron chi connectivity index (χ0n) is 21.9. The normalized spacial score (nSPS) is 11.4. The molecule has 0 spiro atoms. The van der Waals surface area contributed by atoms with E-state index in [9.17, 15) is 19.2 Å². The highest BCUT2D eigenvalue weighted by Gasteiger charge is 2.04. The van der Waals surface area contributed by atoms with Gasteiger partial charge in [0.25, 0.3) is 0 Å². The molecule has 0 saturated heterocycles. The number of unbranched alkanes of at least 4 members (excludes halogenated alkanes) is 4. The van der Waals surface area contributed by atoms with Gasteiger partial charge in [-0.05, 0) is 46.0 Å². The van der Waals surface area contributed by atoms with Gasteiger partial charge >= 0.3 is 17.9 Å². The van der Waals surface area contributed by atoms with Gasteiger partial charge in [0.05, 0.1) is 32.5 Å². The SMILES string of the molecule is CC(=O)CCCCCOC(=O)/C=C/C(=O)OCC(C)O.COCCOCCOC(=O)CCCCCO. The second-order valence-corrected chi connectivity index (χ2v) is 7.85. The zero-order chi connectivity index (χ0) is 27.4. The van der Waals surface area contributed by atoms with Crippen LogP contribution in [-0.4, -0.2) is 93.4 Å². The van der Waals surface area contributed by atoms with E-state index in [4.69, 9.17) is 29.2 Å². The van der Waals surface area contributed by atoms with Crippen molar-refractivity contribution in [3.63, 3.8) is 0 Å². The average molecular weight is 521 g/mol. The number of ketones is 1. The number of hydrogen-bond donors (Lipinski definition) is 2. The molecule has 0 amide bonds. The van der Waals surface area contributed by atoms with E-state index in [1.807, 2.05) is 0 Å². The summed E-state index contributed by atoms with van der Waals surface area (Å²) >= 11 is 0. The molecule has 0 saturated carbocycles. The number of carbonyl (C=O) groups is 4. The molecule has 0 aromatic rings. The molecule has 1 unspecified atom stereocenters. The van der Waals surface area contributed by atoms with E-state index in [1.165, 1.54) is 6.92 Å². The maximum absolute atomic E-state index is 11.2. The van der Waals surface area contributed by atoms with Crippen LogP contribution >= 0.6 is 0 Å². The average Bonchev–Trinajstić information content (AvgIpc) is 2.83. The summed E-state index contributed by atoms with van der Waals surface area (Å²) in [5.74, 6) is -1.37. The van der Waals surface area contributed by atoms with E-state index in [0.29, 0.717) is 45.7 Å². The van der Waals surface area contributed by atoms with Crippen LogP contribution in [0.5, 0.6) is 0 Å². The summed E-state index contributed by atoms with van der Waals surface area (Å²) in [7, 11) is 1.61. The van der Waals surface area contributed by atoms with Gasteiger partial charge in [0, 0.05) is 38.7 Å². The summed E-state index contributed by atoms with van der Waals surface area (Å²) in [6.45, 7) is 5.12. The first-order valence-electron chi connectivity index (χ1n) is 12.2. The van der Waals surface area contributed by atoms with Crippen LogP contribution < -0.4 is 0 Å². The number of hydrogen-bond acceptors (Lipinski definition) is 11. The number of Topliss-reactive ketones (excluding diaryl/α,β-unsaturated/α-hetero) is 1. The molecule has 36 heavy (non-hydrogen) atoms. The van der Waals surface area contributed by atoms with Gasteiger partial charge in [0.1, 0.15) is 19.0 Å². The Balaban J connectivity index is 0. The second-order valence-electron chi connectivity index (χ2n) is 7.85. The van der Waals surface area contributed by atoms with Crippen molar-refractivity contribution >= 4 is 23.7 Å². The predicted molar refractivity (Wildman–Crippen MR) is 131 cm³/mol. The van der Waals surface area contributed by atoms with E-state index in [1.54, 1.807) is 14.0 Å². The van der Waals surface area contributed by atoms with Gasteiger partial charge in [0.15, 0.2) is 0 Å². The Morgan fingerprint density at radius 1 is 0.750 bits per heavy atom. The van der Waals surface area contributed by atoms with Crippen LogP contribution in [0.1, 0.15) is 65.2 Å². The molecule has 0 heterocycles. The van der Waals surface area contributed by atoms with Crippen molar-refractivity contribution in [2.45, 2.75) is 71.3 Å². The van der Waals surface area contributed by atoms with Gasteiger partial charge < -0.3 is 38.7 Å². The molecule has 0 aliphatic rings. The number of methoxy groups -OCH3 is 1. The minimum Gasteiger partial charge on any atom is -0.463 e. The minimum atomic E-state index is -0.741. The van der Waals surface area contributed by atoms with Gasteiger partial charge in [0.2, 0.25) is 0 Å². The van der Waals surface area contributed by atoms with Crippen molar-refractivity contribution in [2.75, 3.05) is 53.4 Å². The summed E-state index contributed by atoms with van der Waals surface area (Å²) in [6, 6.07) is 0. The van der Waals surface area contributed by atoms with Crippen LogP contribution in [0.15, 0.2) is 12.2 Å². The first-order valence-corrected chi connectivity index (χ1v) is 12.2. The molecule has 0 aromatic carbocycles. The highest BCUT2D eigenvalue weighted by atomic mass is 16.6. The lowest BCUT2D eigenvalue weighted by atomic mass is 10.1. The van der Waals surface area contributed by atoms with Crippen molar-refractivity contribution in [3.05, 3.63) is 12.2 Å². The van der Waals surface area contributed by atoms with Gasteiger partial charge in [-0.2, -0.15) is 0 Å². The van der Waals surface area contributed by atoms with Crippen LogP contribution in [-0.2, 0) is 42.9 Å². The minimum absolute atomic E-state index is 0.117. The molecular formula is C25H44O11. The number of aliphatic hydroxyl groups is 2. The molecular weight excluding hydrogens is 476 g/mol. The van der Waals surface area contributed by atoms with E-state index in [-0.39, 0.29) is 31.6 Å². The van der Waals surface area contributed by atoms with Crippen LogP contribution in [0.4, 0.5) is 0 Å². The zero-order valence-corrected chi connectivity index (χ0v) is 21.9. The predicted octanol–water partition coefficient (Wildman–Crippen LogP) is 1.90. The Hall–Kier alpha value is -2.34. The molecule has 11 nitrogen and oxygen atoms in total. The first kappa shape index (κ1) is 35.8. The molecule has 210 valence electrons. The molecule has 0 aliphatic heterocycles. The Morgan fingerprint density at radius 3 is 1.97 bits per heavy atom. The van der Waals surface area contributed by atoms with Gasteiger partial charge in [-0.25, -0.2) is 9.59 Å². The van der Waals surface area contributed by atoms with Crippen LogP contribution in [0, 0.1) is 0 Å². The summed E-state index contributed by atoms with van der Waals surface area (Å²) in [6.07, 6.45) is 6.81. The lowest BCUT2D eigenvalue weighted by Crippen LogP contribution is -2.14. The van der Waals surface area contributed by atoms with Crippen LogP contribution in [0.25, 0.3) is 0 Å². The van der Waals surface area contributed by atoms with Crippen molar-refractivity contribution in [1.29, 1.82) is 0 Å². The Bertz CT molecular complexity index is 603. The molecule has 1 atom stereocenters. The lowest BCUT2D eigenvalue weighted by molar-refractivity contribution is -0.145. The van der Waals surface area contributed by atoms with E-state index >= 15 is 0 Å².